The molecule has 0 bridgehead atoms. The van der Waals surface area contributed by atoms with Gasteiger partial charge in [-0.15, -0.1) is 0 Å². The highest BCUT2D eigenvalue weighted by Gasteiger charge is 2.10. The smallest absolute Gasteiger partial charge is 0.277 e. The molecule has 3 aromatic rings. The van der Waals surface area contributed by atoms with Crippen LogP contribution in [0, 0.1) is 3.57 Å². The van der Waals surface area contributed by atoms with Gasteiger partial charge in [0.05, 0.1) is 15.2 Å². The van der Waals surface area contributed by atoms with E-state index in [0.717, 1.165) is 28.3 Å². The van der Waals surface area contributed by atoms with Gasteiger partial charge in [0.15, 0.2) is 6.61 Å². The SMILES string of the molecule is O=C(COc1c(Br)cc(Br)cc1Br)N/N=C/c1ccc(-c2ccc(I)cc2)o1. The Labute approximate surface area is 200 Å². The van der Waals surface area contributed by atoms with Crippen LogP contribution in [0.1, 0.15) is 5.76 Å². The predicted octanol–water partition coefficient (Wildman–Crippen LogP) is 6.37. The molecule has 9 heteroatoms. The lowest BCUT2D eigenvalue weighted by molar-refractivity contribution is -0.123. The third-order valence-corrected chi connectivity index (χ3v) is 5.80. The summed E-state index contributed by atoms with van der Waals surface area (Å²) in [4.78, 5) is 11.9. The summed E-state index contributed by atoms with van der Waals surface area (Å²) in [5, 5.41) is 3.90. The number of furan rings is 1. The topological polar surface area (TPSA) is 63.8 Å². The third kappa shape index (κ3) is 5.91. The molecule has 28 heavy (non-hydrogen) atoms. The number of nitrogens with zero attached hydrogens (tertiary/aromatic N) is 1. The molecule has 0 aliphatic carbocycles. The molecule has 1 heterocycles. The molecule has 0 saturated heterocycles. The predicted molar refractivity (Wildman–Crippen MR) is 128 cm³/mol. The number of carbonyl (C=O) groups is 1. The summed E-state index contributed by atoms with van der Waals surface area (Å²) in [5.41, 5.74) is 3.39. The Morgan fingerprint density at radius 3 is 2.46 bits per heavy atom. The van der Waals surface area contributed by atoms with E-state index < -0.39 is 0 Å². The van der Waals surface area contributed by atoms with Gasteiger partial charge in [0, 0.05) is 13.6 Å². The first-order chi connectivity index (χ1) is 13.4. The number of benzene rings is 2. The summed E-state index contributed by atoms with van der Waals surface area (Å²) in [6, 6.07) is 15.3. The number of rotatable bonds is 6. The number of nitrogens with one attached hydrogen (secondary N) is 1. The van der Waals surface area contributed by atoms with Crippen LogP contribution in [0.5, 0.6) is 5.75 Å². The first-order valence-electron chi connectivity index (χ1n) is 7.87. The lowest BCUT2D eigenvalue weighted by Crippen LogP contribution is -2.24. The van der Waals surface area contributed by atoms with E-state index >= 15 is 0 Å². The van der Waals surface area contributed by atoms with Gasteiger partial charge in [-0.25, -0.2) is 5.43 Å². The van der Waals surface area contributed by atoms with Crippen LogP contribution in [0.15, 0.2) is 71.5 Å². The molecule has 2 aromatic carbocycles. The first kappa shape index (κ1) is 21.5. The van der Waals surface area contributed by atoms with E-state index in [4.69, 9.17) is 9.15 Å². The van der Waals surface area contributed by atoms with Gasteiger partial charge in [-0.3, -0.25) is 4.79 Å². The molecule has 144 valence electrons. The fraction of sp³-hybridized carbons (Fsp3) is 0.0526. The Kier molecular flexibility index (Phi) is 7.72. The molecule has 3 rings (SSSR count). The summed E-state index contributed by atoms with van der Waals surface area (Å²) < 4.78 is 14.7. The number of hydrogen-bond acceptors (Lipinski definition) is 4. The molecule has 0 radical (unpaired) electrons. The van der Waals surface area contributed by atoms with Gasteiger partial charge >= 0.3 is 0 Å². The first-order valence-corrected chi connectivity index (χ1v) is 11.3. The van der Waals surface area contributed by atoms with Crippen molar-refractivity contribution in [3.63, 3.8) is 0 Å². The molecule has 1 aromatic heterocycles. The van der Waals surface area contributed by atoms with E-state index in [-0.39, 0.29) is 12.5 Å². The summed E-state index contributed by atoms with van der Waals surface area (Å²) in [7, 11) is 0. The van der Waals surface area contributed by atoms with Gasteiger partial charge in [0.25, 0.3) is 5.91 Å². The van der Waals surface area contributed by atoms with Crippen molar-refractivity contribution in [2.45, 2.75) is 0 Å². The zero-order chi connectivity index (χ0) is 20.1. The maximum Gasteiger partial charge on any atom is 0.277 e. The van der Waals surface area contributed by atoms with E-state index in [1.165, 1.54) is 6.21 Å². The van der Waals surface area contributed by atoms with Crippen molar-refractivity contribution in [2.24, 2.45) is 5.10 Å². The van der Waals surface area contributed by atoms with Gasteiger partial charge in [-0.1, -0.05) is 28.1 Å². The minimum absolute atomic E-state index is 0.178. The standard InChI is InChI=1S/C19H12Br3IN2O3/c20-12-7-15(21)19(16(22)8-12)27-10-18(26)25-24-9-14-5-6-17(28-14)11-1-3-13(23)4-2-11/h1-9H,10H2,(H,25,26)/b24-9+. The molecule has 0 fully saturated rings. The van der Waals surface area contributed by atoms with Crippen LogP contribution in [0.25, 0.3) is 11.3 Å². The summed E-state index contributed by atoms with van der Waals surface area (Å²) in [6.45, 7) is -0.178. The van der Waals surface area contributed by atoms with Crippen molar-refractivity contribution in [2.75, 3.05) is 6.61 Å². The van der Waals surface area contributed by atoms with Crippen LogP contribution in [-0.2, 0) is 4.79 Å². The lowest BCUT2D eigenvalue weighted by atomic mass is 10.2. The van der Waals surface area contributed by atoms with Gasteiger partial charge in [-0.2, -0.15) is 5.10 Å². The van der Waals surface area contributed by atoms with Crippen LogP contribution >= 0.6 is 70.4 Å². The normalized spacial score (nSPS) is 11.0. The van der Waals surface area contributed by atoms with Crippen LogP contribution in [0.3, 0.4) is 0 Å². The minimum atomic E-state index is -0.387. The summed E-state index contributed by atoms with van der Waals surface area (Å²) in [5.74, 6) is 1.42. The number of amides is 1. The maximum atomic E-state index is 11.9. The van der Waals surface area contributed by atoms with Crippen molar-refractivity contribution in [3.05, 3.63) is 71.3 Å². The molecule has 0 unspecified atom stereocenters. The second-order valence-corrected chi connectivity index (χ2v) is 9.36. The largest absolute Gasteiger partial charge is 0.481 e. The van der Waals surface area contributed by atoms with Gasteiger partial charge in [0.1, 0.15) is 17.3 Å². The average Bonchev–Trinajstić information content (AvgIpc) is 3.10. The van der Waals surface area contributed by atoms with Crippen molar-refractivity contribution >= 4 is 82.5 Å². The van der Waals surface area contributed by atoms with Crippen molar-refractivity contribution in [1.29, 1.82) is 0 Å². The zero-order valence-electron chi connectivity index (χ0n) is 14.1. The van der Waals surface area contributed by atoms with E-state index in [1.807, 2.05) is 42.5 Å². The van der Waals surface area contributed by atoms with Gasteiger partial charge < -0.3 is 9.15 Å². The molecule has 5 nitrogen and oxygen atoms in total. The van der Waals surface area contributed by atoms with Crippen molar-refractivity contribution in [1.82, 2.24) is 5.43 Å². The number of hydrazone groups is 1. The van der Waals surface area contributed by atoms with Gasteiger partial charge in [0.2, 0.25) is 0 Å². The second-order valence-electron chi connectivity index (χ2n) is 5.49. The Hall–Kier alpha value is -1.17. The van der Waals surface area contributed by atoms with Crippen LogP contribution in [0.2, 0.25) is 0 Å². The minimum Gasteiger partial charge on any atom is -0.481 e. The third-order valence-electron chi connectivity index (χ3n) is 3.45. The Morgan fingerprint density at radius 1 is 1.11 bits per heavy atom. The summed E-state index contributed by atoms with van der Waals surface area (Å²) >= 11 is 12.4. The van der Waals surface area contributed by atoms with E-state index in [9.17, 15) is 4.79 Å². The van der Waals surface area contributed by atoms with E-state index in [1.54, 1.807) is 6.07 Å². The Balaban J connectivity index is 1.54. The molecule has 0 saturated carbocycles. The number of carbonyl (C=O) groups excluding carboxylic acids is 1. The number of halogens is 4. The zero-order valence-corrected chi connectivity index (χ0v) is 21.0. The van der Waals surface area contributed by atoms with Crippen LogP contribution in [-0.4, -0.2) is 18.7 Å². The molecular weight excluding hydrogens is 671 g/mol. The maximum absolute atomic E-state index is 11.9. The highest BCUT2D eigenvalue weighted by atomic mass is 127. The van der Waals surface area contributed by atoms with E-state index in [0.29, 0.717) is 11.5 Å². The molecule has 0 aliphatic heterocycles. The molecule has 0 atom stereocenters. The number of hydrogen-bond donors (Lipinski definition) is 1. The summed E-state index contributed by atoms with van der Waals surface area (Å²) in [6.07, 6.45) is 1.44. The molecule has 1 amide bonds. The quantitative estimate of drug-likeness (QED) is 0.187. The van der Waals surface area contributed by atoms with Gasteiger partial charge in [-0.05, 0) is 90.8 Å². The van der Waals surface area contributed by atoms with E-state index in [2.05, 4.69) is 80.9 Å². The monoisotopic (exact) mass is 680 g/mol. The highest BCUT2D eigenvalue weighted by Crippen LogP contribution is 2.36. The van der Waals surface area contributed by atoms with Crippen LogP contribution in [0.4, 0.5) is 0 Å². The Bertz CT molecular complexity index is 997. The highest BCUT2D eigenvalue weighted by molar-refractivity contribution is 14.1. The van der Waals surface area contributed by atoms with Crippen LogP contribution < -0.4 is 10.2 Å². The van der Waals surface area contributed by atoms with Crippen molar-refractivity contribution < 1.29 is 13.9 Å². The number of ether oxygens (including phenoxy) is 1. The average molecular weight is 683 g/mol. The second kappa shape index (κ2) is 10.0. The lowest BCUT2D eigenvalue weighted by Gasteiger charge is -2.09. The molecular formula is C19H12Br3IN2O3. The fourth-order valence-electron chi connectivity index (χ4n) is 2.20. The fourth-order valence-corrected chi connectivity index (χ4v) is 5.04. The molecule has 1 N–H and O–H groups in total. The van der Waals surface area contributed by atoms with Crippen molar-refractivity contribution in [3.8, 4) is 17.1 Å². The Morgan fingerprint density at radius 2 is 1.79 bits per heavy atom. The molecule has 0 spiro atoms. The molecule has 0 aliphatic rings.